The number of thiocarbonyl (C=S) groups is 1. The average molecular weight is 336 g/mol. The Balaban J connectivity index is 1.94. The zero-order valence-electron chi connectivity index (χ0n) is 13.5. The maximum atomic E-state index is 5.48. The molecule has 2 aliphatic rings. The van der Waals surface area contributed by atoms with Crippen LogP contribution in [0.5, 0.6) is 0 Å². The predicted octanol–water partition coefficient (Wildman–Crippen LogP) is 1.28. The Morgan fingerprint density at radius 1 is 0.957 bits per heavy atom. The highest BCUT2D eigenvalue weighted by molar-refractivity contribution is 7.80. The van der Waals surface area contributed by atoms with Crippen molar-refractivity contribution in [3.63, 3.8) is 0 Å². The molecule has 2 aliphatic heterocycles. The van der Waals surface area contributed by atoms with Gasteiger partial charge in [0, 0.05) is 33.2 Å². The molecule has 6 nitrogen and oxygen atoms in total. The van der Waals surface area contributed by atoms with Gasteiger partial charge in [-0.15, -0.1) is 0 Å². The Morgan fingerprint density at radius 3 is 1.87 bits per heavy atom. The lowest BCUT2D eigenvalue weighted by Crippen LogP contribution is -2.39. The fourth-order valence-corrected chi connectivity index (χ4v) is 3.07. The molecule has 0 atom stereocenters. The highest BCUT2D eigenvalue weighted by Gasteiger charge is 2.21. The third-order valence-electron chi connectivity index (χ3n) is 4.19. The molecule has 2 fully saturated rings. The van der Waals surface area contributed by atoms with Crippen molar-refractivity contribution in [2.45, 2.75) is 0 Å². The van der Waals surface area contributed by atoms with Crippen molar-refractivity contribution in [3.05, 3.63) is 18.2 Å². The smallest absolute Gasteiger partial charge is 0.170 e. The van der Waals surface area contributed by atoms with Gasteiger partial charge in [-0.25, -0.2) is 0 Å². The number of hydrogen-bond acceptors (Lipinski definition) is 5. The largest absolute Gasteiger partial charge is 0.378 e. The van der Waals surface area contributed by atoms with E-state index in [4.69, 9.17) is 21.7 Å². The fourth-order valence-electron chi connectivity index (χ4n) is 2.97. The highest BCUT2D eigenvalue weighted by atomic mass is 32.1. The van der Waals surface area contributed by atoms with Crippen LogP contribution >= 0.6 is 12.2 Å². The summed E-state index contributed by atoms with van der Waals surface area (Å²) >= 11 is 5.35. The van der Waals surface area contributed by atoms with Gasteiger partial charge in [0.25, 0.3) is 0 Å². The van der Waals surface area contributed by atoms with E-state index in [2.05, 4.69) is 38.6 Å². The van der Waals surface area contributed by atoms with Crippen LogP contribution in [0.2, 0.25) is 0 Å². The first kappa shape index (κ1) is 16.3. The van der Waals surface area contributed by atoms with E-state index < -0.39 is 0 Å². The van der Waals surface area contributed by atoms with E-state index in [0.29, 0.717) is 5.11 Å². The SMILES string of the molecule is CNC(=S)Nc1c(N2CCOCC2)cccc1N1CCOCC1. The van der Waals surface area contributed by atoms with E-state index in [-0.39, 0.29) is 0 Å². The molecule has 0 saturated carbocycles. The molecule has 126 valence electrons. The summed E-state index contributed by atoms with van der Waals surface area (Å²) in [5.74, 6) is 0. The van der Waals surface area contributed by atoms with Crippen molar-refractivity contribution in [1.82, 2.24) is 5.32 Å². The first-order chi connectivity index (χ1) is 11.3. The van der Waals surface area contributed by atoms with E-state index in [1.807, 2.05) is 7.05 Å². The number of hydrogen-bond donors (Lipinski definition) is 2. The van der Waals surface area contributed by atoms with Crippen LogP contribution in [0.15, 0.2) is 18.2 Å². The van der Waals surface area contributed by atoms with E-state index >= 15 is 0 Å². The van der Waals surface area contributed by atoms with Crippen LogP contribution in [0.1, 0.15) is 0 Å². The van der Waals surface area contributed by atoms with Gasteiger partial charge in [-0.2, -0.15) is 0 Å². The lowest BCUT2D eigenvalue weighted by molar-refractivity contribution is 0.122. The molecule has 2 N–H and O–H groups in total. The number of morpholine rings is 2. The second-order valence-corrected chi connectivity index (χ2v) is 5.98. The Morgan fingerprint density at radius 2 is 1.43 bits per heavy atom. The summed E-state index contributed by atoms with van der Waals surface area (Å²) in [5.41, 5.74) is 3.42. The lowest BCUT2D eigenvalue weighted by Gasteiger charge is -2.35. The topological polar surface area (TPSA) is 49.0 Å². The monoisotopic (exact) mass is 336 g/mol. The fraction of sp³-hybridized carbons (Fsp3) is 0.562. The summed E-state index contributed by atoms with van der Waals surface area (Å²) in [6.07, 6.45) is 0. The number of para-hydroxylation sites is 1. The maximum absolute atomic E-state index is 5.48. The molecule has 0 amide bonds. The van der Waals surface area contributed by atoms with Crippen molar-refractivity contribution in [3.8, 4) is 0 Å². The number of nitrogens with one attached hydrogen (secondary N) is 2. The Hall–Kier alpha value is -1.57. The molecule has 1 aromatic carbocycles. The van der Waals surface area contributed by atoms with Crippen LogP contribution in [0.3, 0.4) is 0 Å². The van der Waals surface area contributed by atoms with E-state index in [9.17, 15) is 0 Å². The van der Waals surface area contributed by atoms with E-state index in [0.717, 1.165) is 58.3 Å². The minimum atomic E-state index is 0.625. The molecule has 0 aromatic heterocycles. The first-order valence-corrected chi connectivity index (χ1v) is 8.47. The van der Waals surface area contributed by atoms with Crippen molar-refractivity contribution in [2.24, 2.45) is 0 Å². The lowest BCUT2D eigenvalue weighted by atomic mass is 10.1. The molecular weight excluding hydrogens is 312 g/mol. The maximum Gasteiger partial charge on any atom is 0.170 e. The zero-order chi connectivity index (χ0) is 16.1. The number of nitrogens with zero attached hydrogens (tertiary/aromatic N) is 2. The molecule has 23 heavy (non-hydrogen) atoms. The normalized spacial score (nSPS) is 18.7. The Bertz CT molecular complexity index is 507. The summed E-state index contributed by atoms with van der Waals surface area (Å²) in [6, 6.07) is 6.41. The molecule has 3 rings (SSSR count). The number of anilines is 3. The minimum Gasteiger partial charge on any atom is -0.378 e. The van der Waals surface area contributed by atoms with Gasteiger partial charge in [0.1, 0.15) is 0 Å². The van der Waals surface area contributed by atoms with Gasteiger partial charge < -0.3 is 29.9 Å². The molecule has 2 heterocycles. The zero-order valence-corrected chi connectivity index (χ0v) is 14.3. The van der Waals surface area contributed by atoms with Crippen LogP contribution in [-0.4, -0.2) is 64.8 Å². The Labute approximate surface area is 142 Å². The summed E-state index contributed by atoms with van der Waals surface area (Å²) in [6.45, 7) is 6.63. The average Bonchev–Trinajstić information content (AvgIpc) is 2.63. The van der Waals surface area contributed by atoms with Crippen LogP contribution in [0.4, 0.5) is 17.1 Å². The van der Waals surface area contributed by atoms with E-state index in [1.54, 1.807) is 0 Å². The molecule has 0 radical (unpaired) electrons. The summed E-state index contributed by atoms with van der Waals surface area (Å²) in [5, 5.41) is 7.01. The molecular formula is C16H24N4O2S. The predicted molar refractivity (Wildman–Crippen MR) is 97.8 cm³/mol. The number of benzene rings is 1. The second-order valence-electron chi connectivity index (χ2n) is 5.57. The van der Waals surface area contributed by atoms with E-state index in [1.165, 1.54) is 11.4 Å². The van der Waals surface area contributed by atoms with Crippen molar-refractivity contribution >= 4 is 34.4 Å². The number of ether oxygens (including phenoxy) is 2. The van der Waals surface area contributed by atoms with Gasteiger partial charge >= 0.3 is 0 Å². The molecule has 7 heteroatoms. The van der Waals surface area contributed by atoms with Gasteiger partial charge in [0.05, 0.1) is 43.5 Å². The third kappa shape index (κ3) is 3.85. The van der Waals surface area contributed by atoms with Gasteiger partial charge in [-0.1, -0.05) is 6.07 Å². The van der Waals surface area contributed by atoms with Crippen molar-refractivity contribution < 1.29 is 9.47 Å². The highest BCUT2D eigenvalue weighted by Crippen LogP contribution is 2.36. The van der Waals surface area contributed by atoms with Crippen molar-refractivity contribution in [1.29, 1.82) is 0 Å². The van der Waals surface area contributed by atoms with Gasteiger partial charge in [0.2, 0.25) is 0 Å². The van der Waals surface area contributed by atoms with Gasteiger partial charge in [-0.3, -0.25) is 0 Å². The quantitative estimate of drug-likeness (QED) is 0.806. The minimum absolute atomic E-state index is 0.625. The molecule has 2 saturated heterocycles. The molecule has 0 unspecified atom stereocenters. The summed E-state index contributed by atoms with van der Waals surface area (Å²) in [4.78, 5) is 4.71. The standard InChI is InChI=1S/C16H24N4O2S/c1-17-16(23)18-15-13(19-5-9-21-10-6-19)3-2-4-14(15)20-7-11-22-12-8-20/h2-4H,5-12H2,1H3,(H2,17,18,23). The molecule has 0 bridgehead atoms. The Kier molecular flexibility index (Phi) is 5.53. The van der Waals surface area contributed by atoms with Crippen LogP contribution < -0.4 is 20.4 Å². The second kappa shape index (κ2) is 7.81. The first-order valence-electron chi connectivity index (χ1n) is 8.06. The van der Waals surface area contributed by atoms with Crippen molar-refractivity contribution in [2.75, 3.05) is 74.8 Å². The van der Waals surface area contributed by atoms with Crippen LogP contribution in [0, 0.1) is 0 Å². The summed E-state index contributed by atoms with van der Waals surface area (Å²) < 4.78 is 11.0. The molecule has 0 aliphatic carbocycles. The van der Waals surface area contributed by atoms with Gasteiger partial charge in [-0.05, 0) is 24.4 Å². The van der Waals surface area contributed by atoms with Gasteiger partial charge in [0.15, 0.2) is 5.11 Å². The number of rotatable bonds is 3. The van der Waals surface area contributed by atoms with Crippen LogP contribution in [-0.2, 0) is 9.47 Å². The summed E-state index contributed by atoms with van der Waals surface area (Å²) in [7, 11) is 1.83. The third-order valence-corrected chi connectivity index (χ3v) is 4.50. The molecule has 0 spiro atoms. The molecule has 1 aromatic rings. The van der Waals surface area contributed by atoms with Crippen LogP contribution in [0.25, 0.3) is 0 Å².